The van der Waals surface area contributed by atoms with Crippen molar-refractivity contribution in [1.82, 2.24) is 14.8 Å². The van der Waals surface area contributed by atoms with E-state index in [1.807, 2.05) is 13.8 Å². The summed E-state index contributed by atoms with van der Waals surface area (Å²) in [4.78, 5) is 25.5. The van der Waals surface area contributed by atoms with Gasteiger partial charge in [-0.1, -0.05) is 11.8 Å². The minimum absolute atomic E-state index is 0.162. The zero-order valence-corrected chi connectivity index (χ0v) is 17.2. The molecule has 0 radical (unpaired) electrons. The van der Waals surface area contributed by atoms with Crippen molar-refractivity contribution in [3.05, 3.63) is 21.8 Å². The molecule has 2 saturated carbocycles. The maximum absolute atomic E-state index is 12.5. The lowest BCUT2D eigenvalue weighted by molar-refractivity contribution is -0.113. The Labute approximate surface area is 165 Å². The first-order chi connectivity index (χ1) is 13.0. The number of hydrogen-bond donors (Lipinski definition) is 1. The predicted octanol–water partition coefficient (Wildman–Crippen LogP) is 3.69. The molecule has 9 heteroatoms. The van der Waals surface area contributed by atoms with Gasteiger partial charge in [0.15, 0.2) is 5.16 Å². The molecule has 2 aliphatic rings. The van der Waals surface area contributed by atoms with Crippen molar-refractivity contribution in [3.8, 4) is 0 Å². The summed E-state index contributed by atoms with van der Waals surface area (Å²) in [6, 6.07) is 0.495. The Morgan fingerprint density at radius 2 is 2.00 bits per heavy atom. The first-order valence-corrected chi connectivity index (χ1v) is 10.9. The van der Waals surface area contributed by atoms with Gasteiger partial charge in [0.2, 0.25) is 5.91 Å². The van der Waals surface area contributed by atoms with Crippen molar-refractivity contribution < 1.29 is 14.3 Å². The highest BCUT2D eigenvalue weighted by molar-refractivity contribution is 7.99. The molecule has 0 aliphatic heterocycles. The standard InChI is InChI=1S/C18H22N4O3S2/c1-9-10(2)27-16(14(9)17(24)25-3)19-13(23)8-26-18-21-20-15(11-4-5-11)22(18)12-6-7-12/h11-12H,4-8H2,1-3H3,(H,19,23). The number of carbonyl (C=O) groups excluding carboxylic acids is 2. The molecule has 27 heavy (non-hydrogen) atoms. The molecule has 0 bridgehead atoms. The first kappa shape index (κ1) is 18.5. The van der Waals surface area contributed by atoms with Crippen LogP contribution in [0.25, 0.3) is 0 Å². The molecular formula is C18H22N4O3S2. The molecule has 144 valence electrons. The molecule has 2 aliphatic carbocycles. The van der Waals surface area contributed by atoms with Crippen LogP contribution in [-0.4, -0.2) is 39.5 Å². The fourth-order valence-corrected chi connectivity index (χ4v) is 4.92. The molecule has 7 nitrogen and oxygen atoms in total. The molecule has 4 rings (SSSR count). The van der Waals surface area contributed by atoms with Crippen LogP contribution in [0.4, 0.5) is 5.00 Å². The minimum atomic E-state index is -0.428. The van der Waals surface area contributed by atoms with E-state index in [9.17, 15) is 9.59 Å². The monoisotopic (exact) mass is 406 g/mol. The molecule has 0 saturated heterocycles. The average Bonchev–Trinajstić information content (AvgIpc) is 3.57. The van der Waals surface area contributed by atoms with Crippen molar-refractivity contribution in [3.63, 3.8) is 0 Å². The van der Waals surface area contributed by atoms with Crippen molar-refractivity contribution in [1.29, 1.82) is 0 Å². The summed E-state index contributed by atoms with van der Waals surface area (Å²) in [7, 11) is 1.35. The van der Waals surface area contributed by atoms with Crippen LogP contribution >= 0.6 is 23.1 Å². The number of aromatic nitrogens is 3. The van der Waals surface area contributed by atoms with Gasteiger partial charge in [-0.15, -0.1) is 21.5 Å². The average molecular weight is 407 g/mol. The first-order valence-electron chi connectivity index (χ1n) is 9.05. The van der Waals surface area contributed by atoms with E-state index >= 15 is 0 Å². The number of aryl methyl sites for hydroxylation is 1. The topological polar surface area (TPSA) is 86.1 Å². The fourth-order valence-electron chi connectivity index (χ4n) is 3.04. The Morgan fingerprint density at radius 1 is 1.26 bits per heavy atom. The van der Waals surface area contributed by atoms with Crippen LogP contribution in [-0.2, 0) is 9.53 Å². The number of thiophene rings is 1. The highest BCUT2D eigenvalue weighted by Gasteiger charge is 2.36. The molecule has 2 aromatic rings. The Morgan fingerprint density at radius 3 is 2.63 bits per heavy atom. The Kier molecular flexibility index (Phi) is 4.98. The number of thioether (sulfide) groups is 1. The lowest BCUT2D eigenvalue weighted by atomic mass is 10.1. The lowest BCUT2D eigenvalue weighted by Gasteiger charge is -2.08. The van der Waals surface area contributed by atoms with Crippen LogP contribution in [0, 0.1) is 13.8 Å². The summed E-state index contributed by atoms with van der Waals surface area (Å²) < 4.78 is 7.08. The predicted molar refractivity (Wildman–Crippen MR) is 105 cm³/mol. The van der Waals surface area contributed by atoms with Crippen LogP contribution in [0.3, 0.4) is 0 Å². The highest BCUT2D eigenvalue weighted by atomic mass is 32.2. The van der Waals surface area contributed by atoms with E-state index in [2.05, 4.69) is 20.1 Å². The lowest BCUT2D eigenvalue weighted by Crippen LogP contribution is -2.16. The summed E-state index contributed by atoms with van der Waals surface area (Å²) >= 11 is 2.80. The molecule has 0 atom stereocenters. The van der Waals surface area contributed by atoms with E-state index in [1.165, 1.54) is 43.1 Å². The number of anilines is 1. The smallest absolute Gasteiger partial charge is 0.341 e. The molecular weight excluding hydrogens is 384 g/mol. The minimum Gasteiger partial charge on any atom is -0.465 e. The second kappa shape index (κ2) is 7.27. The number of ether oxygens (including phenoxy) is 1. The van der Waals surface area contributed by atoms with Gasteiger partial charge in [0.1, 0.15) is 10.8 Å². The molecule has 0 spiro atoms. The van der Waals surface area contributed by atoms with Crippen molar-refractivity contribution in [2.24, 2.45) is 0 Å². The van der Waals surface area contributed by atoms with Gasteiger partial charge in [0, 0.05) is 16.8 Å². The molecule has 1 N–H and O–H groups in total. The number of carbonyl (C=O) groups is 2. The Balaban J connectivity index is 1.44. The molecule has 2 heterocycles. The van der Waals surface area contributed by atoms with Crippen LogP contribution in [0.15, 0.2) is 5.16 Å². The third-order valence-electron chi connectivity index (χ3n) is 4.91. The van der Waals surface area contributed by atoms with Crippen LogP contribution < -0.4 is 5.32 Å². The zero-order valence-electron chi connectivity index (χ0n) is 15.6. The maximum Gasteiger partial charge on any atom is 0.341 e. The third kappa shape index (κ3) is 3.75. The van der Waals surface area contributed by atoms with E-state index in [1.54, 1.807) is 0 Å². The molecule has 2 fully saturated rings. The number of rotatable bonds is 7. The van der Waals surface area contributed by atoms with Gasteiger partial charge in [-0.3, -0.25) is 4.79 Å². The van der Waals surface area contributed by atoms with Crippen molar-refractivity contribution >= 4 is 40.0 Å². The van der Waals surface area contributed by atoms with Gasteiger partial charge in [-0.05, 0) is 45.1 Å². The van der Waals surface area contributed by atoms with Gasteiger partial charge in [0.05, 0.1) is 18.4 Å². The molecule has 0 unspecified atom stereocenters. The largest absolute Gasteiger partial charge is 0.465 e. The quantitative estimate of drug-likeness (QED) is 0.557. The third-order valence-corrected chi connectivity index (χ3v) is 6.97. The van der Waals surface area contributed by atoms with Gasteiger partial charge >= 0.3 is 5.97 Å². The van der Waals surface area contributed by atoms with E-state index in [0.29, 0.717) is 22.5 Å². The number of amides is 1. The van der Waals surface area contributed by atoms with Crippen molar-refractivity contribution in [2.75, 3.05) is 18.2 Å². The van der Waals surface area contributed by atoms with Crippen molar-refractivity contribution in [2.45, 2.75) is 56.6 Å². The number of nitrogens with one attached hydrogen (secondary N) is 1. The van der Waals surface area contributed by atoms with Gasteiger partial charge < -0.3 is 14.6 Å². The van der Waals surface area contributed by atoms with Crippen LogP contribution in [0.2, 0.25) is 0 Å². The second-order valence-corrected chi connectivity index (χ2v) is 9.20. The number of hydrogen-bond acceptors (Lipinski definition) is 7. The molecule has 2 aromatic heterocycles. The Bertz CT molecular complexity index is 897. The fraction of sp³-hybridized carbons (Fsp3) is 0.556. The van der Waals surface area contributed by atoms with Gasteiger partial charge in [-0.2, -0.15) is 0 Å². The van der Waals surface area contributed by atoms with Gasteiger partial charge in [0.25, 0.3) is 0 Å². The van der Waals surface area contributed by atoms with E-state index in [-0.39, 0.29) is 11.7 Å². The summed E-state index contributed by atoms with van der Waals surface area (Å²) in [5.74, 6) is 1.26. The summed E-state index contributed by atoms with van der Waals surface area (Å²) in [6.07, 6.45) is 4.69. The normalized spacial score (nSPS) is 16.4. The summed E-state index contributed by atoms with van der Waals surface area (Å²) in [5, 5.41) is 12.9. The van der Waals surface area contributed by atoms with Crippen LogP contribution in [0.1, 0.15) is 64.3 Å². The van der Waals surface area contributed by atoms with Crippen LogP contribution in [0.5, 0.6) is 0 Å². The SMILES string of the molecule is COC(=O)c1c(NC(=O)CSc2nnc(C3CC3)n2C2CC2)sc(C)c1C. The van der Waals surface area contributed by atoms with E-state index in [4.69, 9.17) is 4.74 Å². The zero-order chi connectivity index (χ0) is 19.1. The second-order valence-electron chi connectivity index (χ2n) is 7.03. The summed E-state index contributed by atoms with van der Waals surface area (Å²) in [5.41, 5.74) is 1.29. The number of methoxy groups -OCH3 is 1. The molecule has 1 amide bonds. The number of esters is 1. The highest BCUT2D eigenvalue weighted by Crippen LogP contribution is 2.46. The van der Waals surface area contributed by atoms with Gasteiger partial charge in [-0.25, -0.2) is 4.79 Å². The summed E-state index contributed by atoms with van der Waals surface area (Å²) in [6.45, 7) is 3.79. The maximum atomic E-state index is 12.5. The number of nitrogens with zero attached hydrogens (tertiary/aromatic N) is 3. The molecule has 0 aromatic carbocycles. The van der Waals surface area contributed by atoms with E-state index < -0.39 is 5.97 Å². The Hall–Kier alpha value is -1.87. The van der Waals surface area contributed by atoms with E-state index in [0.717, 1.165) is 34.3 Å².